The van der Waals surface area contributed by atoms with E-state index in [2.05, 4.69) is 10.6 Å². The Balaban J connectivity index is 1.51. The predicted octanol–water partition coefficient (Wildman–Crippen LogP) is 1.41. The zero-order chi connectivity index (χ0) is 10.5. The Morgan fingerprint density at radius 2 is 2.20 bits per heavy atom. The van der Waals surface area contributed by atoms with E-state index >= 15 is 0 Å². The lowest BCUT2D eigenvalue weighted by atomic mass is 10.0. The molecule has 15 heavy (non-hydrogen) atoms. The Bertz CT molecular complexity index is 211. The third-order valence-corrected chi connectivity index (χ3v) is 3.01. The minimum Gasteiger partial charge on any atom is -0.449 e. The van der Waals surface area contributed by atoms with Crippen molar-refractivity contribution < 1.29 is 9.53 Å². The third kappa shape index (κ3) is 4.08. The predicted molar refractivity (Wildman–Crippen MR) is 57.8 cm³/mol. The summed E-state index contributed by atoms with van der Waals surface area (Å²) in [5, 5.41) is 6.24. The van der Waals surface area contributed by atoms with Gasteiger partial charge in [0.15, 0.2) is 0 Å². The fourth-order valence-corrected chi connectivity index (χ4v) is 1.90. The summed E-state index contributed by atoms with van der Waals surface area (Å²) in [6, 6.07) is 0.942. The van der Waals surface area contributed by atoms with Gasteiger partial charge in [0.2, 0.25) is 0 Å². The molecule has 2 aliphatic rings. The molecule has 0 aromatic carbocycles. The Hall–Kier alpha value is -0.770. The molecule has 1 aliphatic heterocycles. The monoisotopic (exact) mass is 212 g/mol. The van der Waals surface area contributed by atoms with Crippen molar-refractivity contribution in [2.24, 2.45) is 0 Å². The first-order valence-electron chi connectivity index (χ1n) is 6.01. The zero-order valence-electron chi connectivity index (χ0n) is 9.13. The number of carbonyl (C=O) groups excluding carboxylic acids is 1. The Kier molecular flexibility index (Phi) is 3.83. The molecular formula is C11H20N2O2. The lowest BCUT2D eigenvalue weighted by Gasteiger charge is -2.23. The lowest BCUT2D eigenvalue weighted by molar-refractivity contribution is 0.138. The molecule has 2 N–H and O–H groups in total. The number of rotatable bonds is 4. The smallest absolute Gasteiger partial charge is 0.407 e. The van der Waals surface area contributed by atoms with Crippen LogP contribution >= 0.6 is 0 Å². The van der Waals surface area contributed by atoms with Gasteiger partial charge in [-0.25, -0.2) is 4.79 Å². The maximum absolute atomic E-state index is 11.2. The highest BCUT2D eigenvalue weighted by molar-refractivity contribution is 5.67. The van der Waals surface area contributed by atoms with Crippen molar-refractivity contribution in [3.8, 4) is 0 Å². The highest BCUT2D eigenvalue weighted by atomic mass is 16.5. The summed E-state index contributed by atoms with van der Waals surface area (Å²) in [4.78, 5) is 11.2. The van der Waals surface area contributed by atoms with Gasteiger partial charge in [0.1, 0.15) is 0 Å². The van der Waals surface area contributed by atoms with Crippen LogP contribution in [0.1, 0.15) is 38.5 Å². The van der Waals surface area contributed by atoms with Gasteiger partial charge in [0.25, 0.3) is 0 Å². The van der Waals surface area contributed by atoms with Crippen LogP contribution < -0.4 is 10.6 Å². The van der Waals surface area contributed by atoms with Crippen molar-refractivity contribution in [1.29, 1.82) is 0 Å². The van der Waals surface area contributed by atoms with Crippen LogP contribution in [0.15, 0.2) is 0 Å². The molecule has 2 rings (SSSR count). The summed E-state index contributed by atoms with van der Waals surface area (Å²) in [7, 11) is 0. The SMILES string of the molecule is O=C(NC1CC1)OCCC1CCCCN1. The molecule has 4 nitrogen and oxygen atoms in total. The minimum atomic E-state index is -0.242. The molecule has 2 fully saturated rings. The first kappa shape index (κ1) is 10.7. The topological polar surface area (TPSA) is 50.4 Å². The zero-order valence-corrected chi connectivity index (χ0v) is 9.13. The van der Waals surface area contributed by atoms with Gasteiger partial charge in [-0.05, 0) is 38.6 Å². The Morgan fingerprint density at radius 3 is 2.87 bits per heavy atom. The average molecular weight is 212 g/mol. The van der Waals surface area contributed by atoms with Crippen molar-refractivity contribution >= 4 is 6.09 Å². The Morgan fingerprint density at radius 1 is 1.33 bits per heavy atom. The van der Waals surface area contributed by atoms with E-state index in [9.17, 15) is 4.79 Å². The molecule has 1 saturated heterocycles. The summed E-state index contributed by atoms with van der Waals surface area (Å²) in [6.07, 6.45) is 6.71. The number of ether oxygens (including phenoxy) is 1. The first-order valence-corrected chi connectivity index (χ1v) is 6.01. The molecule has 0 bridgehead atoms. The highest BCUT2D eigenvalue weighted by Gasteiger charge is 2.23. The summed E-state index contributed by atoms with van der Waals surface area (Å²) >= 11 is 0. The van der Waals surface area contributed by atoms with Crippen LogP contribution in [0.25, 0.3) is 0 Å². The van der Waals surface area contributed by atoms with Crippen LogP contribution in [0.5, 0.6) is 0 Å². The second-order valence-corrected chi connectivity index (χ2v) is 4.49. The molecule has 1 amide bonds. The minimum absolute atomic E-state index is 0.242. The van der Waals surface area contributed by atoms with E-state index in [1.54, 1.807) is 0 Å². The standard InChI is InChI=1S/C11H20N2O2/c14-11(13-10-4-5-10)15-8-6-9-3-1-2-7-12-9/h9-10,12H,1-8H2,(H,13,14). The van der Waals surface area contributed by atoms with E-state index in [-0.39, 0.29) is 6.09 Å². The second-order valence-electron chi connectivity index (χ2n) is 4.49. The van der Waals surface area contributed by atoms with E-state index in [1.807, 2.05) is 0 Å². The molecular weight excluding hydrogens is 192 g/mol. The summed E-state index contributed by atoms with van der Waals surface area (Å²) in [6.45, 7) is 1.65. The number of hydrogen-bond acceptors (Lipinski definition) is 3. The van der Waals surface area contributed by atoms with Crippen molar-refractivity contribution in [2.75, 3.05) is 13.2 Å². The number of alkyl carbamates (subject to hydrolysis) is 1. The van der Waals surface area contributed by atoms with Crippen LogP contribution in [0.2, 0.25) is 0 Å². The molecule has 86 valence electrons. The van der Waals surface area contributed by atoms with E-state index < -0.39 is 0 Å². The normalized spacial score (nSPS) is 26.0. The number of nitrogens with one attached hydrogen (secondary N) is 2. The van der Waals surface area contributed by atoms with Gasteiger partial charge in [-0.15, -0.1) is 0 Å². The van der Waals surface area contributed by atoms with E-state index in [0.29, 0.717) is 18.7 Å². The molecule has 0 radical (unpaired) electrons. The fourth-order valence-electron chi connectivity index (χ4n) is 1.90. The van der Waals surface area contributed by atoms with Gasteiger partial charge in [-0.1, -0.05) is 6.42 Å². The van der Waals surface area contributed by atoms with Gasteiger partial charge in [-0.2, -0.15) is 0 Å². The molecule has 1 unspecified atom stereocenters. The average Bonchev–Trinajstić information content (AvgIpc) is 3.03. The van der Waals surface area contributed by atoms with Crippen molar-refractivity contribution in [2.45, 2.75) is 50.6 Å². The maximum atomic E-state index is 11.2. The number of hydrogen-bond donors (Lipinski definition) is 2. The maximum Gasteiger partial charge on any atom is 0.407 e. The Labute approximate surface area is 90.8 Å². The quantitative estimate of drug-likeness (QED) is 0.740. The molecule has 1 atom stereocenters. The molecule has 1 aliphatic carbocycles. The summed E-state index contributed by atoms with van der Waals surface area (Å²) in [5.41, 5.74) is 0. The number of carbonyl (C=O) groups is 1. The van der Waals surface area contributed by atoms with Gasteiger partial charge in [0, 0.05) is 12.1 Å². The van der Waals surface area contributed by atoms with Crippen LogP contribution in [0.3, 0.4) is 0 Å². The second kappa shape index (κ2) is 5.35. The van der Waals surface area contributed by atoms with Crippen LogP contribution in [0.4, 0.5) is 4.79 Å². The van der Waals surface area contributed by atoms with E-state index in [4.69, 9.17) is 4.74 Å². The molecule has 0 spiro atoms. The summed E-state index contributed by atoms with van der Waals surface area (Å²) < 4.78 is 5.11. The fraction of sp³-hybridized carbons (Fsp3) is 0.909. The molecule has 1 heterocycles. The van der Waals surface area contributed by atoms with E-state index in [0.717, 1.165) is 25.8 Å². The molecule has 0 aromatic heterocycles. The van der Waals surface area contributed by atoms with E-state index in [1.165, 1.54) is 19.3 Å². The van der Waals surface area contributed by atoms with Crippen LogP contribution in [-0.4, -0.2) is 31.3 Å². The van der Waals surface area contributed by atoms with Gasteiger partial charge < -0.3 is 15.4 Å². The number of piperidine rings is 1. The van der Waals surface area contributed by atoms with Gasteiger partial charge in [-0.3, -0.25) is 0 Å². The van der Waals surface area contributed by atoms with Crippen LogP contribution in [0, 0.1) is 0 Å². The summed E-state index contributed by atoms with van der Waals surface area (Å²) in [5.74, 6) is 0. The molecule has 0 aromatic rings. The first-order chi connectivity index (χ1) is 7.34. The van der Waals surface area contributed by atoms with Gasteiger partial charge >= 0.3 is 6.09 Å². The van der Waals surface area contributed by atoms with Crippen molar-refractivity contribution in [1.82, 2.24) is 10.6 Å². The number of amides is 1. The lowest BCUT2D eigenvalue weighted by Crippen LogP contribution is -2.35. The van der Waals surface area contributed by atoms with Crippen LogP contribution in [-0.2, 0) is 4.74 Å². The largest absolute Gasteiger partial charge is 0.449 e. The van der Waals surface area contributed by atoms with Crippen molar-refractivity contribution in [3.63, 3.8) is 0 Å². The van der Waals surface area contributed by atoms with Gasteiger partial charge in [0.05, 0.1) is 6.61 Å². The molecule has 4 heteroatoms. The van der Waals surface area contributed by atoms with Crippen molar-refractivity contribution in [3.05, 3.63) is 0 Å². The third-order valence-electron chi connectivity index (χ3n) is 3.01. The highest BCUT2D eigenvalue weighted by Crippen LogP contribution is 2.18. The molecule has 1 saturated carbocycles.